The van der Waals surface area contributed by atoms with Crippen molar-refractivity contribution in [2.24, 2.45) is 0 Å². The molecule has 0 bridgehead atoms. The van der Waals surface area contributed by atoms with Crippen LogP contribution in [0.1, 0.15) is 39.3 Å². The van der Waals surface area contributed by atoms with Gasteiger partial charge in [0.2, 0.25) is 5.78 Å². The molecule has 0 fully saturated rings. The maximum atomic E-state index is 13.4. The van der Waals surface area contributed by atoms with E-state index in [1.807, 2.05) is 47.2 Å². The number of aromatic carboxylic acids is 1. The van der Waals surface area contributed by atoms with Crippen molar-refractivity contribution in [3.05, 3.63) is 108 Å². The molecular formula is C30H29N3O5. The number of carboxylic acid groups (broad SMARTS) is 1. The van der Waals surface area contributed by atoms with Gasteiger partial charge in [0.25, 0.3) is 0 Å². The zero-order chi connectivity index (χ0) is 27.1. The number of aromatic nitrogens is 1. The number of nitrogens with zero attached hydrogens (tertiary/aromatic N) is 3. The number of phenols is 1. The number of hydrogen-bond donors (Lipinski definition) is 3. The molecule has 194 valence electrons. The number of hydrogen-bond acceptors (Lipinski definition) is 7. The fraction of sp³-hybridized carbons (Fsp3) is 0.167. The molecule has 8 heteroatoms. The van der Waals surface area contributed by atoms with Gasteiger partial charge in [-0.25, -0.2) is 4.79 Å². The molecule has 0 saturated carbocycles. The van der Waals surface area contributed by atoms with Gasteiger partial charge < -0.3 is 25.1 Å². The van der Waals surface area contributed by atoms with E-state index < -0.39 is 11.8 Å². The van der Waals surface area contributed by atoms with Crippen molar-refractivity contribution in [3.63, 3.8) is 0 Å². The number of pyridine rings is 1. The zero-order valence-corrected chi connectivity index (χ0v) is 21.0. The Morgan fingerprint density at radius 1 is 0.789 bits per heavy atom. The van der Waals surface area contributed by atoms with E-state index in [4.69, 9.17) is 0 Å². The topological polar surface area (TPSA) is 114 Å². The minimum atomic E-state index is -1.14. The summed E-state index contributed by atoms with van der Waals surface area (Å²) in [7, 11) is 1.85. The van der Waals surface area contributed by atoms with Crippen molar-refractivity contribution >= 4 is 34.5 Å². The number of phenolic OH excluding ortho intramolecular Hbond substituents is 1. The molecule has 4 aromatic rings. The highest BCUT2D eigenvalue weighted by Crippen LogP contribution is 2.30. The Bertz CT molecular complexity index is 1390. The Hall–Kier alpha value is -4.69. The molecule has 0 aliphatic heterocycles. The number of aliphatic hydroxyl groups is 1. The molecule has 0 atom stereocenters. The monoisotopic (exact) mass is 511 g/mol. The van der Waals surface area contributed by atoms with Crippen LogP contribution in [0, 0.1) is 0 Å². The summed E-state index contributed by atoms with van der Waals surface area (Å²) in [5.41, 5.74) is 3.41. The number of carbonyl (C=O) groups excluding carboxylic acids is 1. The second-order valence-corrected chi connectivity index (χ2v) is 8.80. The third-order valence-electron chi connectivity index (χ3n) is 6.20. The molecule has 0 unspecified atom stereocenters. The molecule has 3 N–H and O–H groups in total. The van der Waals surface area contributed by atoms with E-state index in [0.717, 1.165) is 17.1 Å². The highest BCUT2D eigenvalue weighted by atomic mass is 16.4. The molecule has 0 radical (unpaired) electrons. The Labute approximate surface area is 221 Å². The van der Waals surface area contributed by atoms with Gasteiger partial charge in [0.1, 0.15) is 11.4 Å². The van der Waals surface area contributed by atoms with Crippen LogP contribution in [0.3, 0.4) is 0 Å². The molecule has 4 rings (SSSR count). The summed E-state index contributed by atoms with van der Waals surface area (Å²) in [5.74, 6) is -1.36. The van der Waals surface area contributed by atoms with Gasteiger partial charge in [-0.1, -0.05) is 18.2 Å². The molecule has 3 aromatic carbocycles. The highest BCUT2D eigenvalue weighted by Gasteiger charge is 2.19. The van der Waals surface area contributed by atoms with E-state index in [2.05, 4.69) is 4.98 Å². The second-order valence-electron chi connectivity index (χ2n) is 8.80. The highest BCUT2D eigenvalue weighted by molar-refractivity contribution is 6.09. The number of aliphatic hydroxyl groups excluding tert-OH is 1. The lowest BCUT2D eigenvalue weighted by molar-refractivity contribution is 0.0697. The van der Waals surface area contributed by atoms with Crippen molar-refractivity contribution in [2.75, 3.05) is 30.0 Å². The standard InChI is InChI=1S/C30H29N3O5/c1-32(23-9-12-27(35)13-10-23)25-11-14-28(31-20-25)29(36)21-17-22(30(37)38)19-26(18-21)33(15-5-6-16-34)24-7-3-2-4-8-24/h2-4,7-14,17-20,34-35H,5-6,15-16H2,1H3,(H,37,38). The quantitative estimate of drug-likeness (QED) is 0.181. The van der Waals surface area contributed by atoms with Crippen LogP contribution in [0.15, 0.2) is 91.1 Å². The van der Waals surface area contributed by atoms with Crippen LogP contribution in [-0.4, -0.2) is 52.3 Å². The maximum absolute atomic E-state index is 13.4. The lowest BCUT2D eigenvalue weighted by Crippen LogP contribution is -2.20. The molecule has 8 nitrogen and oxygen atoms in total. The molecular weight excluding hydrogens is 482 g/mol. The van der Waals surface area contributed by atoms with Gasteiger partial charge in [-0.2, -0.15) is 0 Å². The Morgan fingerprint density at radius 3 is 2.11 bits per heavy atom. The predicted octanol–water partition coefficient (Wildman–Crippen LogP) is 5.39. The van der Waals surface area contributed by atoms with Crippen LogP contribution in [0.2, 0.25) is 0 Å². The number of unbranched alkanes of at least 4 members (excludes halogenated alkanes) is 1. The van der Waals surface area contributed by atoms with Gasteiger partial charge in [-0.05, 0) is 79.6 Å². The van der Waals surface area contributed by atoms with Crippen molar-refractivity contribution in [3.8, 4) is 5.75 Å². The van der Waals surface area contributed by atoms with Crippen LogP contribution >= 0.6 is 0 Å². The summed E-state index contributed by atoms with van der Waals surface area (Å²) < 4.78 is 0. The molecule has 0 amide bonds. The van der Waals surface area contributed by atoms with Gasteiger partial charge in [0.05, 0.1) is 17.4 Å². The fourth-order valence-electron chi connectivity index (χ4n) is 4.11. The van der Waals surface area contributed by atoms with E-state index in [0.29, 0.717) is 25.1 Å². The SMILES string of the molecule is CN(c1ccc(O)cc1)c1ccc(C(=O)c2cc(C(=O)O)cc(N(CCCCO)c3ccccc3)c2)nc1. The van der Waals surface area contributed by atoms with Gasteiger partial charge in [-0.3, -0.25) is 9.78 Å². The number of carboxylic acids is 1. The van der Waals surface area contributed by atoms with Crippen molar-refractivity contribution in [1.82, 2.24) is 4.98 Å². The van der Waals surface area contributed by atoms with E-state index in [-0.39, 0.29) is 29.2 Å². The van der Waals surface area contributed by atoms with Crippen molar-refractivity contribution in [2.45, 2.75) is 12.8 Å². The molecule has 0 aliphatic rings. The number of carbonyl (C=O) groups is 2. The average molecular weight is 512 g/mol. The minimum Gasteiger partial charge on any atom is -0.508 e. The van der Waals surface area contributed by atoms with E-state index in [1.54, 1.807) is 54.7 Å². The molecule has 0 spiro atoms. The first kappa shape index (κ1) is 26.4. The summed E-state index contributed by atoms with van der Waals surface area (Å²) in [5, 5.41) is 28.5. The molecule has 1 heterocycles. The third kappa shape index (κ3) is 6.16. The maximum Gasteiger partial charge on any atom is 0.335 e. The third-order valence-corrected chi connectivity index (χ3v) is 6.20. The van der Waals surface area contributed by atoms with Gasteiger partial charge in [-0.15, -0.1) is 0 Å². The lowest BCUT2D eigenvalue weighted by atomic mass is 10.0. The number of ketones is 1. The molecule has 1 aromatic heterocycles. The number of para-hydroxylation sites is 1. The van der Waals surface area contributed by atoms with E-state index in [9.17, 15) is 24.9 Å². The summed E-state index contributed by atoms with van der Waals surface area (Å²) >= 11 is 0. The first-order valence-corrected chi connectivity index (χ1v) is 12.2. The summed E-state index contributed by atoms with van der Waals surface area (Å²) in [6.45, 7) is 0.600. The van der Waals surface area contributed by atoms with E-state index in [1.165, 1.54) is 6.07 Å². The average Bonchev–Trinajstić information content (AvgIpc) is 2.95. The van der Waals surface area contributed by atoms with Crippen LogP contribution in [0.4, 0.5) is 22.7 Å². The number of aromatic hydroxyl groups is 1. The van der Waals surface area contributed by atoms with Gasteiger partial charge in [0.15, 0.2) is 0 Å². The van der Waals surface area contributed by atoms with Crippen molar-refractivity contribution < 1.29 is 24.9 Å². The number of benzene rings is 3. The first-order valence-electron chi connectivity index (χ1n) is 12.2. The first-order chi connectivity index (χ1) is 18.4. The molecule has 38 heavy (non-hydrogen) atoms. The Morgan fingerprint density at radius 2 is 1.47 bits per heavy atom. The normalized spacial score (nSPS) is 10.7. The van der Waals surface area contributed by atoms with Crippen LogP contribution in [0.25, 0.3) is 0 Å². The largest absolute Gasteiger partial charge is 0.508 e. The second kappa shape index (κ2) is 12.0. The van der Waals surface area contributed by atoms with Crippen molar-refractivity contribution in [1.29, 1.82) is 0 Å². The Balaban J connectivity index is 1.66. The fourth-order valence-corrected chi connectivity index (χ4v) is 4.11. The van der Waals surface area contributed by atoms with E-state index >= 15 is 0 Å². The van der Waals surface area contributed by atoms with Crippen LogP contribution in [-0.2, 0) is 0 Å². The summed E-state index contributed by atoms with van der Waals surface area (Å²) in [6, 6.07) is 24.2. The summed E-state index contributed by atoms with van der Waals surface area (Å²) in [6.07, 6.45) is 2.86. The summed E-state index contributed by atoms with van der Waals surface area (Å²) in [4.78, 5) is 33.6. The van der Waals surface area contributed by atoms with Crippen LogP contribution < -0.4 is 9.80 Å². The minimum absolute atomic E-state index is 0.00220. The number of rotatable bonds is 11. The molecule has 0 aliphatic carbocycles. The molecule has 0 saturated heterocycles. The van der Waals surface area contributed by atoms with Gasteiger partial charge in [0, 0.05) is 42.8 Å². The smallest absolute Gasteiger partial charge is 0.335 e. The predicted molar refractivity (Wildman–Crippen MR) is 147 cm³/mol. The number of anilines is 4. The van der Waals surface area contributed by atoms with Crippen LogP contribution in [0.5, 0.6) is 5.75 Å². The Kier molecular flexibility index (Phi) is 8.35. The van der Waals surface area contributed by atoms with Gasteiger partial charge >= 0.3 is 5.97 Å². The zero-order valence-electron chi connectivity index (χ0n) is 21.0. The lowest BCUT2D eigenvalue weighted by Gasteiger charge is -2.26.